The van der Waals surface area contributed by atoms with Gasteiger partial charge in [0.05, 0.1) is 13.2 Å². The van der Waals surface area contributed by atoms with E-state index < -0.39 is 0 Å². The first kappa shape index (κ1) is 17.0. The van der Waals surface area contributed by atoms with Crippen LogP contribution in [0.5, 0.6) is 5.75 Å². The first-order valence-corrected chi connectivity index (χ1v) is 7.67. The van der Waals surface area contributed by atoms with Gasteiger partial charge in [0.25, 0.3) is 5.91 Å². The lowest BCUT2D eigenvalue weighted by molar-refractivity contribution is 0.0941. The van der Waals surface area contributed by atoms with Gasteiger partial charge >= 0.3 is 0 Å². The molecule has 1 N–H and O–H groups in total. The Bertz CT molecular complexity index is 651. The molecule has 0 aliphatic carbocycles. The molecule has 0 unspecified atom stereocenters. The smallest absolute Gasteiger partial charge is 0.251 e. The maximum absolute atomic E-state index is 12.3. The van der Waals surface area contributed by atoms with Crippen LogP contribution in [0.1, 0.15) is 27.5 Å². The molecule has 1 amide bonds. The highest BCUT2D eigenvalue weighted by Gasteiger charge is 2.19. The molecule has 0 aliphatic rings. The van der Waals surface area contributed by atoms with Crippen LogP contribution in [-0.4, -0.2) is 38.6 Å². The highest BCUT2D eigenvalue weighted by molar-refractivity contribution is 5.94. The van der Waals surface area contributed by atoms with E-state index in [0.717, 1.165) is 16.9 Å². The van der Waals surface area contributed by atoms with E-state index in [4.69, 9.17) is 4.74 Å². The Labute approximate surface area is 138 Å². The maximum Gasteiger partial charge on any atom is 0.251 e. The summed E-state index contributed by atoms with van der Waals surface area (Å²) in [7, 11) is 5.65. The van der Waals surface area contributed by atoms with Crippen LogP contribution in [0.25, 0.3) is 0 Å². The number of amides is 1. The third-order valence-electron chi connectivity index (χ3n) is 3.89. The van der Waals surface area contributed by atoms with Gasteiger partial charge in [0, 0.05) is 17.7 Å². The number of ether oxygens (including phenoxy) is 1. The van der Waals surface area contributed by atoms with Crippen molar-refractivity contribution < 1.29 is 9.53 Å². The van der Waals surface area contributed by atoms with E-state index >= 15 is 0 Å². The monoisotopic (exact) mass is 312 g/mol. The zero-order chi connectivity index (χ0) is 16.8. The second-order valence-corrected chi connectivity index (χ2v) is 5.80. The number of nitrogens with zero attached hydrogens (tertiary/aromatic N) is 1. The van der Waals surface area contributed by atoms with E-state index in [0.29, 0.717) is 12.1 Å². The molecule has 1 atom stereocenters. The lowest BCUT2D eigenvalue weighted by atomic mass is 10.0. The third-order valence-corrected chi connectivity index (χ3v) is 3.89. The molecular weight excluding hydrogens is 288 g/mol. The summed E-state index contributed by atoms with van der Waals surface area (Å²) in [5, 5.41) is 3.01. The van der Waals surface area contributed by atoms with Gasteiger partial charge in [0.15, 0.2) is 0 Å². The Morgan fingerprint density at radius 1 is 1.13 bits per heavy atom. The highest BCUT2D eigenvalue weighted by atomic mass is 16.5. The van der Waals surface area contributed by atoms with Crippen LogP contribution < -0.4 is 10.1 Å². The Morgan fingerprint density at radius 2 is 1.78 bits per heavy atom. The molecule has 0 saturated carbocycles. The van der Waals surface area contributed by atoms with Crippen molar-refractivity contribution in [1.29, 1.82) is 0 Å². The minimum Gasteiger partial charge on any atom is -0.496 e. The molecular formula is C19H24N2O2. The third kappa shape index (κ3) is 4.33. The van der Waals surface area contributed by atoms with Crippen LogP contribution in [0.4, 0.5) is 0 Å². The number of para-hydroxylation sites is 1. The SMILES string of the molecule is COc1ccccc1[C@H](CNC(=O)c1ccc(C)cc1)N(C)C. The lowest BCUT2D eigenvalue weighted by Crippen LogP contribution is -2.34. The number of hydrogen-bond donors (Lipinski definition) is 1. The fourth-order valence-electron chi connectivity index (χ4n) is 2.51. The van der Waals surface area contributed by atoms with Crippen molar-refractivity contribution in [3.8, 4) is 5.75 Å². The van der Waals surface area contributed by atoms with Gasteiger partial charge in [-0.1, -0.05) is 35.9 Å². The van der Waals surface area contributed by atoms with E-state index in [2.05, 4.69) is 10.2 Å². The lowest BCUT2D eigenvalue weighted by Gasteiger charge is -2.26. The van der Waals surface area contributed by atoms with E-state index in [-0.39, 0.29) is 11.9 Å². The van der Waals surface area contributed by atoms with Gasteiger partial charge in [-0.25, -0.2) is 0 Å². The molecule has 0 radical (unpaired) electrons. The maximum atomic E-state index is 12.3. The zero-order valence-corrected chi connectivity index (χ0v) is 14.2. The second kappa shape index (κ2) is 7.79. The summed E-state index contributed by atoms with van der Waals surface area (Å²) in [5.74, 6) is 0.766. The van der Waals surface area contributed by atoms with E-state index in [1.165, 1.54) is 0 Å². The number of likely N-dealkylation sites (N-methyl/N-ethyl adjacent to an activating group) is 1. The van der Waals surface area contributed by atoms with Gasteiger partial charge in [-0.15, -0.1) is 0 Å². The molecule has 0 aromatic heterocycles. The quantitative estimate of drug-likeness (QED) is 0.891. The molecule has 0 fully saturated rings. The van der Waals surface area contributed by atoms with Crippen LogP contribution in [0.2, 0.25) is 0 Å². The second-order valence-electron chi connectivity index (χ2n) is 5.80. The molecule has 2 aromatic rings. The number of hydrogen-bond acceptors (Lipinski definition) is 3. The zero-order valence-electron chi connectivity index (χ0n) is 14.2. The predicted molar refractivity (Wildman–Crippen MR) is 92.9 cm³/mol. The summed E-state index contributed by atoms with van der Waals surface area (Å²) in [6.45, 7) is 2.52. The topological polar surface area (TPSA) is 41.6 Å². The fourth-order valence-corrected chi connectivity index (χ4v) is 2.51. The van der Waals surface area contributed by atoms with Crippen molar-refractivity contribution in [1.82, 2.24) is 10.2 Å². The molecule has 0 aliphatic heterocycles. The van der Waals surface area contributed by atoms with Crippen molar-refractivity contribution in [2.75, 3.05) is 27.7 Å². The van der Waals surface area contributed by atoms with E-state index in [9.17, 15) is 4.79 Å². The first-order valence-electron chi connectivity index (χ1n) is 7.67. The largest absolute Gasteiger partial charge is 0.496 e. The Kier molecular flexibility index (Phi) is 5.77. The fraction of sp³-hybridized carbons (Fsp3) is 0.316. The summed E-state index contributed by atoms with van der Waals surface area (Å²) >= 11 is 0. The molecule has 0 saturated heterocycles. The summed E-state index contributed by atoms with van der Waals surface area (Å²) in [6.07, 6.45) is 0. The van der Waals surface area contributed by atoms with Gasteiger partial charge < -0.3 is 15.0 Å². The van der Waals surface area contributed by atoms with Gasteiger partial charge in [0.2, 0.25) is 0 Å². The van der Waals surface area contributed by atoms with Crippen LogP contribution in [0, 0.1) is 6.92 Å². The molecule has 0 heterocycles. The molecule has 4 heteroatoms. The molecule has 122 valence electrons. The molecule has 0 spiro atoms. The molecule has 23 heavy (non-hydrogen) atoms. The Hall–Kier alpha value is -2.33. The van der Waals surface area contributed by atoms with E-state index in [1.807, 2.05) is 69.6 Å². The van der Waals surface area contributed by atoms with Crippen LogP contribution in [0.3, 0.4) is 0 Å². The van der Waals surface area contributed by atoms with Crippen molar-refractivity contribution in [3.63, 3.8) is 0 Å². The number of carbonyl (C=O) groups excluding carboxylic acids is 1. The number of aryl methyl sites for hydroxylation is 1. The summed E-state index contributed by atoms with van der Waals surface area (Å²) in [6, 6.07) is 15.5. The molecule has 2 aromatic carbocycles. The molecule has 0 bridgehead atoms. The van der Waals surface area contributed by atoms with Crippen LogP contribution in [-0.2, 0) is 0 Å². The number of nitrogens with one attached hydrogen (secondary N) is 1. The number of carbonyl (C=O) groups is 1. The van der Waals surface area contributed by atoms with Gasteiger partial charge in [-0.3, -0.25) is 4.79 Å². The number of methoxy groups -OCH3 is 1. The molecule has 4 nitrogen and oxygen atoms in total. The normalized spacial score (nSPS) is 12.0. The van der Waals surface area contributed by atoms with Crippen LogP contribution in [0.15, 0.2) is 48.5 Å². The van der Waals surface area contributed by atoms with Crippen molar-refractivity contribution >= 4 is 5.91 Å². The van der Waals surface area contributed by atoms with Gasteiger partial charge in [-0.05, 0) is 39.2 Å². The van der Waals surface area contributed by atoms with Crippen LogP contribution >= 0.6 is 0 Å². The van der Waals surface area contributed by atoms with Gasteiger partial charge in [0.1, 0.15) is 5.75 Å². The first-order chi connectivity index (χ1) is 11.0. The van der Waals surface area contributed by atoms with Crippen molar-refractivity contribution in [2.24, 2.45) is 0 Å². The summed E-state index contributed by atoms with van der Waals surface area (Å²) in [4.78, 5) is 14.4. The average molecular weight is 312 g/mol. The summed E-state index contributed by atoms with van der Waals surface area (Å²) < 4.78 is 5.44. The Balaban J connectivity index is 2.11. The molecule has 2 rings (SSSR count). The average Bonchev–Trinajstić information content (AvgIpc) is 2.55. The highest BCUT2D eigenvalue weighted by Crippen LogP contribution is 2.27. The predicted octanol–water partition coefficient (Wildman–Crippen LogP) is 3.04. The summed E-state index contributed by atoms with van der Waals surface area (Å²) in [5.41, 5.74) is 2.87. The van der Waals surface area contributed by atoms with Crippen molar-refractivity contribution in [3.05, 3.63) is 65.2 Å². The Morgan fingerprint density at radius 3 is 2.39 bits per heavy atom. The van der Waals surface area contributed by atoms with Gasteiger partial charge in [-0.2, -0.15) is 0 Å². The van der Waals surface area contributed by atoms with Crippen molar-refractivity contribution in [2.45, 2.75) is 13.0 Å². The standard InChI is InChI=1S/C19H24N2O2/c1-14-9-11-15(12-10-14)19(22)20-13-17(21(2)3)16-7-5-6-8-18(16)23-4/h5-12,17H,13H2,1-4H3,(H,20,22)/t17-/m0/s1. The van der Waals surface area contributed by atoms with E-state index in [1.54, 1.807) is 7.11 Å². The number of benzene rings is 2. The minimum absolute atomic E-state index is 0.0422. The number of rotatable bonds is 6. The minimum atomic E-state index is -0.0632.